The van der Waals surface area contributed by atoms with E-state index in [-0.39, 0.29) is 11.9 Å². The van der Waals surface area contributed by atoms with Crippen LogP contribution in [0, 0.1) is 5.92 Å². The second-order valence-electron chi connectivity index (χ2n) is 4.29. The lowest BCUT2D eigenvalue weighted by Crippen LogP contribution is -2.47. The first-order valence-corrected chi connectivity index (χ1v) is 7.70. The van der Waals surface area contributed by atoms with E-state index >= 15 is 0 Å². The molecule has 0 unspecified atom stereocenters. The quantitative estimate of drug-likeness (QED) is 0.685. The van der Waals surface area contributed by atoms with Gasteiger partial charge in [0, 0.05) is 26.2 Å². The van der Waals surface area contributed by atoms with Gasteiger partial charge in [0.2, 0.25) is 0 Å². The number of carbonyl (C=O) groups is 1. The molecule has 106 valence electrons. The Morgan fingerprint density at radius 2 is 1.78 bits per heavy atom. The summed E-state index contributed by atoms with van der Waals surface area (Å²) in [6.07, 6.45) is 1.07. The summed E-state index contributed by atoms with van der Waals surface area (Å²) >= 11 is 0. The van der Waals surface area contributed by atoms with Crippen LogP contribution in [0.5, 0.6) is 0 Å². The largest absolute Gasteiger partial charge is 0.469 e. The zero-order valence-electron chi connectivity index (χ0n) is 11.3. The fourth-order valence-corrected chi connectivity index (χ4v) is 3.85. The third-order valence-electron chi connectivity index (χ3n) is 3.35. The van der Waals surface area contributed by atoms with Crippen LogP contribution in [-0.2, 0) is 19.7 Å². The van der Waals surface area contributed by atoms with Gasteiger partial charge in [0.25, 0.3) is 10.2 Å². The van der Waals surface area contributed by atoms with Gasteiger partial charge in [-0.3, -0.25) is 4.79 Å². The Morgan fingerprint density at radius 1 is 1.28 bits per heavy atom. The van der Waals surface area contributed by atoms with Gasteiger partial charge in [-0.1, -0.05) is 13.8 Å². The van der Waals surface area contributed by atoms with Gasteiger partial charge in [0.05, 0.1) is 13.0 Å². The summed E-state index contributed by atoms with van der Waals surface area (Å²) in [7, 11) is -2.00. The van der Waals surface area contributed by atoms with Crippen LogP contribution in [-0.4, -0.2) is 56.3 Å². The van der Waals surface area contributed by atoms with Gasteiger partial charge in [-0.15, -0.1) is 0 Å². The molecule has 1 heterocycles. The first-order chi connectivity index (χ1) is 8.47. The number of piperidine rings is 1. The molecular formula is C11H22N2O4S. The summed E-state index contributed by atoms with van der Waals surface area (Å²) in [5.74, 6) is -0.409. The van der Waals surface area contributed by atoms with Crippen molar-refractivity contribution in [2.24, 2.45) is 5.92 Å². The second kappa shape index (κ2) is 6.49. The van der Waals surface area contributed by atoms with Gasteiger partial charge < -0.3 is 4.74 Å². The highest BCUT2D eigenvalue weighted by molar-refractivity contribution is 7.86. The highest BCUT2D eigenvalue weighted by Gasteiger charge is 2.33. The minimum absolute atomic E-state index is 0.168. The molecular weight excluding hydrogens is 256 g/mol. The number of ether oxygens (including phenoxy) is 1. The lowest BCUT2D eigenvalue weighted by molar-refractivity contribution is -0.146. The molecule has 0 aromatic heterocycles. The van der Waals surface area contributed by atoms with Crippen molar-refractivity contribution >= 4 is 16.2 Å². The van der Waals surface area contributed by atoms with E-state index in [0.29, 0.717) is 39.0 Å². The van der Waals surface area contributed by atoms with Crippen LogP contribution in [0.25, 0.3) is 0 Å². The van der Waals surface area contributed by atoms with E-state index in [1.54, 1.807) is 0 Å². The van der Waals surface area contributed by atoms with E-state index < -0.39 is 10.2 Å². The standard InChI is InChI=1S/C11H22N2O4S/c1-4-12(5-2)18(15,16)13-8-6-10(7-9-13)11(14)17-3/h10H,4-9H2,1-3H3. The number of hydrogen-bond donors (Lipinski definition) is 0. The first kappa shape index (κ1) is 15.4. The normalized spacial score (nSPS) is 19.1. The minimum Gasteiger partial charge on any atom is -0.469 e. The number of nitrogens with zero attached hydrogens (tertiary/aromatic N) is 2. The predicted molar refractivity (Wildman–Crippen MR) is 68.2 cm³/mol. The van der Waals surface area contributed by atoms with Crippen molar-refractivity contribution in [3.8, 4) is 0 Å². The smallest absolute Gasteiger partial charge is 0.308 e. The summed E-state index contributed by atoms with van der Waals surface area (Å²) in [5, 5.41) is 0. The fourth-order valence-electron chi connectivity index (χ4n) is 2.20. The van der Waals surface area contributed by atoms with Crippen molar-refractivity contribution < 1.29 is 17.9 Å². The van der Waals surface area contributed by atoms with Crippen molar-refractivity contribution in [2.75, 3.05) is 33.3 Å². The average molecular weight is 278 g/mol. The maximum atomic E-state index is 12.2. The van der Waals surface area contributed by atoms with Crippen molar-refractivity contribution in [1.29, 1.82) is 0 Å². The zero-order chi connectivity index (χ0) is 13.8. The Kier molecular flexibility index (Phi) is 5.55. The summed E-state index contributed by atoms with van der Waals surface area (Å²) in [6, 6.07) is 0. The molecule has 1 aliphatic rings. The number of carbonyl (C=O) groups excluding carboxylic acids is 1. The van der Waals surface area contributed by atoms with E-state index in [4.69, 9.17) is 0 Å². The molecule has 6 nitrogen and oxygen atoms in total. The number of rotatable bonds is 5. The van der Waals surface area contributed by atoms with E-state index in [1.165, 1.54) is 15.7 Å². The van der Waals surface area contributed by atoms with Gasteiger partial charge in [-0.05, 0) is 12.8 Å². The van der Waals surface area contributed by atoms with E-state index in [0.717, 1.165) is 0 Å². The molecule has 0 aliphatic carbocycles. The first-order valence-electron chi connectivity index (χ1n) is 6.30. The van der Waals surface area contributed by atoms with Gasteiger partial charge >= 0.3 is 5.97 Å². The van der Waals surface area contributed by atoms with Crippen molar-refractivity contribution in [2.45, 2.75) is 26.7 Å². The molecule has 0 aromatic rings. The van der Waals surface area contributed by atoms with Crippen molar-refractivity contribution in [3.63, 3.8) is 0 Å². The van der Waals surface area contributed by atoms with Crippen LogP contribution in [0.3, 0.4) is 0 Å². The molecule has 0 saturated carbocycles. The van der Waals surface area contributed by atoms with E-state index in [2.05, 4.69) is 4.74 Å². The Balaban J connectivity index is 2.65. The van der Waals surface area contributed by atoms with Crippen LogP contribution in [0.1, 0.15) is 26.7 Å². The zero-order valence-corrected chi connectivity index (χ0v) is 12.1. The predicted octanol–water partition coefficient (Wildman–Crippen LogP) is 0.458. The van der Waals surface area contributed by atoms with Crippen LogP contribution in [0.2, 0.25) is 0 Å². The molecule has 1 fully saturated rings. The molecule has 18 heavy (non-hydrogen) atoms. The maximum Gasteiger partial charge on any atom is 0.308 e. The third kappa shape index (κ3) is 3.21. The van der Waals surface area contributed by atoms with Gasteiger partial charge in [-0.2, -0.15) is 17.0 Å². The fraction of sp³-hybridized carbons (Fsp3) is 0.909. The Hall–Kier alpha value is -0.660. The number of methoxy groups -OCH3 is 1. The molecule has 0 N–H and O–H groups in total. The van der Waals surface area contributed by atoms with E-state index in [9.17, 15) is 13.2 Å². The molecule has 1 rings (SSSR count). The molecule has 0 bridgehead atoms. The van der Waals surface area contributed by atoms with Gasteiger partial charge in [0.15, 0.2) is 0 Å². The second-order valence-corrected chi connectivity index (χ2v) is 6.22. The van der Waals surface area contributed by atoms with Gasteiger partial charge in [-0.25, -0.2) is 0 Å². The monoisotopic (exact) mass is 278 g/mol. The lowest BCUT2D eigenvalue weighted by atomic mass is 9.99. The van der Waals surface area contributed by atoms with Crippen molar-refractivity contribution in [3.05, 3.63) is 0 Å². The van der Waals surface area contributed by atoms with Gasteiger partial charge in [0.1, 0.15) is 0 Å². The summed E-state index contributed by atoms with van der Waals surface area (Å²) < 4.78 is 32.0. The number of hydrogen-bond acceptors (Lipinski definition) is 4. The average Bonchev–Trinajstić information content (AvgIpc) is 2.39. The van der Waals surface area contributed by atoms with Crippen LogP contribution in [0.4, 0.5) is 0 Å². The Morgan fingerprint density at radius 3 is 2.17 bits per heavy atom. The van der Waals surface area contributed by atoms with Crippen LogP contribution >= 0.6 is 0 Å². The molecule has 0 atom stereocenters. The highest BCUT2D eigenvalue weighted by Crippen LogP contribution is 2.22. The highest BCUT2D eigenvalue weighted by atomic mass is 32.2. The molecule has 0 amide bonds. The Bertz CT molecular complexity index is 371. The molecule has 0 radical (unpaired) electrons. The van der Waals surface area contributed by atoms with Crippen LogP contribution < -0.4 is 0 Å². The summed E-state index contributed by atoms with van der Waals surface area (Å²) in [5.41, 5.74) is 0. The summed E-state index contributed by atoms with van der Waals surface area (Å²) in [4.78, 5) is 11.4. The van der Waals surface area contributed by atoms with Crippen molar-refractivity contribution in [1.82, 2.24) is 8.61 Å². The topological polar surface area (TPSA) is 66.9 Å². The minimum atomic E-state index is -3.37. The molecule has 0 spiro atoms. The lowest BCUT2D eigenvalue weighted by Gasteiger charge is -2.33. The summed E-state index contributed by atoms with van der Waals surface area (Å²) in [6.45, 7) is 5.35. The van der Waals surface area contributed by atoms with E-state index in [1.807, 2.05) is 13.8 Å². The molecule has 7 heteroatoms. The molecule has 1 aliphatic heterocycles. The Labute approximate surface area is 109 Å². The maximum absolute atomic E-state index is 12.2. The molecule has 0 aromatic carbocycles. The number of esters is 1. The molecule has 1 saturated heterocycles. The third-order valence-corrected chi connectivity index (χ3v) is 5.53. The van der Waals surface area contributed by atoms with Crippen LogP contribution in [0.15, 0.2) is 0 Å². The SMILES string of the molecule is CCN(CC)S(=O)(=O)N1CCC(C(=O)OC)CC1.